The quantitative estimate of drug-likeness (QED) is 0.881. The number of halogens is 1. The number of hydrogen-bond donors (Lipinski definition) is 1. The minimum absolute atomic E-state index is 0.341. The van der Waals surface area contributed by atoms with Crippen LogP contribution in [-0.4, -0.2) is 18.1 Å². The first-order valence-corrected chi connectivity index (χ1v) is 6.56. The van der Waals surface area contributed by atoms with Gasteiger partial charge in [0.1, 0.15) is 18.6 Å². The Balaban J connectivity index is 2.67. The van der Waals surface area contributed by atoms with Crippen molar-refractivity contribution in [3.63, 3.8) is 0 Å². The molecule has 0 spiro atoms. The molecule has 5 nitrogen and oxygen atoms in total. The second kappa shape index (κ2) is 6.71. The fourth-order valence-corrected chi connectivity index (χ4v) is 1.88. The van der Waals surface area contributed by atoms with Crippen molar-refractivity contribution in [3.05, 3.63) is 64.3 Å². The largest absolute Gasteiger partial charge is 0.413 e. The zero-order chi connectivity index (χ0) is 16.1. The number of aromatic nitrogens is 1. The first-order chi connectivity index (χ1) is 10.6. The van der Waals surface area contributed by atoms with E-state index in [4.69, 9.17) is 10.6 Å². The normalized spacial score (nSPS) is 11.9. The van der Waals surface area contributed by atoms with Gasteiger partial charge in [-0.25, -0.2) is 4.39 Å². The average molecular weight is 301 g/mol. The molecule has 0 aliphatic carbocycles. The standard InChI is InChI=1S/C16H16FN3O2/c1-11(9-18)10-19-14-7-8-15(21)20(22-2)16(14)12-3-5-13(17)6-4-12/h3-10H,18H2,1-2H3. The van der Waals surface area contributed by atoms with Gasteiger partial charge in [-0.15, -0.1) is 4.73 Å². The SMILES string of the molecule is COn1c(-c2ccc(F)cc2)c(N=CC(C)=CN)ccc1=O. The third kappa shape index (κ3) is 3.22. The van der Waals surface area contributed by atoms with E-state index in [9.17, 15) is 9.18 Å². The van der Waals surface area contributed by atoms with Gasteiger partial charge in [-0.3, -0.25) is 9.79 Å². The smallest absolute Gasteiger partial charge is 0.283 e. The summed E-state index contributed by atoms with van der Waals surface area (Å²) in [6.07, 6.45) is 3.00. The van der Waals surface area contributed by atoms with Crippen molar-refractivity contribution >= 4 is 11.9 Å². The zero-order valence-corrected chi connectivity index (χ0v) is 12.3. The highest BCUT2D eigenvalue weighted by atomic mass is 19.1. The van der Waals surface area contributed by atoms with E-state index in [0.29, 0.717) is 16.9 Å². The number of pyridine rings is 1. The summed E-state index contributed by atoms with van der Waals surface area (Å²) in [5, 5.41) is 0. The summed E-state index contributed by atoms with van der Waals surface area (Å²) in [5.74, 6) is -0.363. The summed E-state index contributed by atoms with van der Waals surface area (Å²) >= 11 is 0. The second-order valence-electron chi connectivity index (χ2n) is 4.56. The molecule has 1 aromatic carbocycles. The molecule has 0 aliphatic rings. The van der Waals surface area contributed by atoms with Crippen LogP contribution >= 0.6 is 0 Å². The van der Waals surface area contributed by atoms with Gasteiger partial charge in [0.05, 0.1) is 5.69 Å². The minimum atomic E-state index is -0.363. The van der Waals surface area contributed by atoms with Crippen LogP contribution in [0.1, 0.15) is 6.92 Å². The van der Waals surface area contributed by atoms with Crippen molar-refractivity contribution in [3.8, 4) is 11.3 Å². The van der Waals surface area contributed by atoms with E-state index >= 15 is 0 Å². The Labute approximate surface area is 127 Å². The minimum Gasteiger partial charge on any atom is -0.413 e. The Kier molecular flexibility index (Phi) is 4.73. The maximum absolute atomic E-state index is 13.1. The highest BCUT2D eigenvalue weighted by Crippen LogP contribution is 2.28. The molecule has 6 heteroatoms. The summed E-state index contributed by atoms with van der Waals surface area (Å²) in [7, 11) is 1.38. The van der Waals surface area contributed by atoms with E-state index in [-0.39, 0.29) is 11.4 Å². The second-order valence-corrected chi connectivity index (χ2v) is 4.56. The van der Waals surface area contributed by atoms with Gasteiger partial charge in [0.15, 0.2) is 0 Å². The van der Waals surface area contributed by atoms with Crippen molar-refractivity contribution in [2.24, 2.45) is 10.7 Å². The fraction of sp³-hybridized carbons (Fsp3) is 0.125. The third-order valence-corrected chi connectivity index (χ3v) is 3.00. The van der Waals surface area contributed by atoms with Gasteiger partial charge in [-0.05, 0) is 49.0 Å². The predicted octanol–water partition coefficient (Wildman–Crippen LogP) is 2.28. The molecule has 0 saturated carbocycles. The van der Waals surface area contributed by atoms with Gasteiger partial charge in [0.25, 0.3) is 5.56 Å². The lowest BCUT2D eigenvalue weighted by Crippen LogP contribution is -2.25. The van der Waals surface area contributed by atoms with Crippen molar-refractivity contribution in [1.29, 1.82) is 0 Å². The van der Waals surface area contributed by atoms with Crippen LogP contribution in [0.2, 0.25) is 0 Å². The Morgan fingerprint density at radius 1 is 1.27 bits per heavy atom. The monoisotopic (exact) mass is 301 g/mol. The van der Waals surface area contributed by atoms with Crippen molar-refractivity contribution in [2.75, 3.05) is 7.11 Å². The molecule has 2 aromatic rings. The van der Waals surface area contributed by atoms with E-state index in [1.807, 2.05) is 0 Å². The summed E-state index contributed by atoms with van der Waals surface area (Å²) < 4.78 is 14.2. The molecule has 1 heterocycles. The van der Waals surface area contributed by atoms with Crippen LogP contribution in [-0.2, 0) is 0 Å². The van der Waals surface area contributed by atoms with Gasteiger partial charge in [0.2, 0.25) is 0 Å². The summed E-state index contributed by atoms with van der Waals surface area (Å²) in [5.41, 5.74) is 7.39. The molecular formula is C16H16FN3O2. The lowest BCUT2D eigenvalue weighted by Gasteiger charge is -2.13. The molecule has 0 unspecified atom stereocenters. The van der Waals surface area contributed by atoms with E-state index < -0.39 is 0 Å². The number of nitrogens with two attached hydrogens (primary N) is 1. The zero-order valence-electron chi connectivity index (χ0n) is 12.3. The molecule has 0 saturated heterocycles. The van der Waals surface area contributed by atoms with Gasteiger partial charge in [-0.1, -0.05) is 0 Å². The molecule has 0 amide bonds. The van der Waals surface area contributed by atoms with Gasteiger partial charge in [0, 0.05) is 17.8 Å². The molecule has 0 bridgehead atoms. The Bertz CT molecular complexity index is 777. The Morgan fingerprint density at radius 3 is 2.55 bits per heavy atom. The van der Waals surface area contributed by atoms with E-state index in [2.05, 4.69) is 4.99 Å². The third-order valence-electron chi connectivity index (χ3n) is 3.00. The Hall–Kier alpha value is -2.89. The number of rotatable bonds is 4. The van der Waals surface area contributed by atoms with Gasteiger partial charge < -0.3 is 10.6 Å². The Morgan fingerprint density at radius 2 is 1.95 bits per heavy atom. The molecule has 0 fully saturated rings. The molecule has 0 aliphatic heterocycles. The van der Waals surface area contributed by atoms with Gasteiger partial charge in [-0.2, -0.15) is 0 Å². The highest BCUT2D eigenvalue weighted by Gasteiger charge is 2.12. The van der Waals surface area contributed by atoms with Crippen LogP contribution in [0.25, 0.3) is 11.3 Å². The number of hydrogen-bond acceptors (Lipinski definition) is 4. The van der Waals surface area contributed by atoms with E-state index in [0.717, 1.165) is 10.3 Å². The van der Waals surface area contributed by atoms with Crippen LogP contribution in [0.15, 0.2) is 58.0 Å². The molecular weight excluding hydrogens is 285 g/mol. The summed E-state index contributed by atoms with van der Waals surface area (Å²) in [6.45, 7) is 1.80. The van der Waals surface area contributed by atoms with Crippen molar-refractivity contribution in [1.82, 2.24) is 4.73 Å². The fourth-order valence-electron chi connectivity index (χ4n) is 1.88. The number of allylic oxidation sites excluding steroid dienone is 1. The first-order valence-electron chi connectivity index (χ1n) is 6.56. The number of aliphatic imine (C=N–C) groups is 1. The molecule has 2 rings (SSSR count). The topological polar surface area (TPSA) is 69.6 Å². The molecule has 1 aromatic heterocycles. The molecule has 0 radical (unpaired) electrons. The lowest BCUT2D eigenvalue weighted by molar-refractivity contribution is 0.162. The molecule has 22 heavy (non-hydrogen) atoms. The van der Waals surface area contributed by atoms with Gasteiger partial charge >= 0.3 is 0 Å². The van der Waals surface area contributed by atoms with Crippen molar-refractivity contribution in [2.45, 2.75) is 6.92 Å². The van der Waals surface area contributed by atoms with Crippen LogP contribution in [0.3, 0.4) is 0 Å². The molecule has 114 valence electrons. The number of nitrogens with zero attached hydrogens (tertiary/aromatic N) is 2. The van der Waals surface area contributed by atoms with Crippen LogP contribution in [0.5, 0.6) is 0 Å². The predicted molar refractivity (Wildman–Crippen MR) is 84.7 cm³/mol. The number of benzene rings is 1. The summed E-state index contributed by atoms with van der Waals surface area (Å²) in [6, 6.07) is 8.67. The maximum Gasteiger partial charge on any atom is 0.283 e. The van der Waals surface area contributed by atoms with Crippen LogP contribution in [0.4, 0.5) is 10.1 Å². The van der Waals surface area contributed by atoms with Crippen LogP contribution < -0.4 is 16.1 Å². The maximum atomic E-state index is 13.1. The lowest BCUT2D eigenvalue weighted by atomic mass is 10.1. The molecule has 0 atom stereocenters. The van der Waals surface area contributed by atoms with E-state index in [1.165, 1.54) is 31.5 Å². The first kappa shape index (κ1) is 15.5. The van der Waals surface area contributed by atoms with E-state index in [1.54, 1.807) is 31.3 Å². The summed E-state index contributed by atoms with van der Waals surface area (Å²) in [4.78, 5) is 21.4. The highest BCUT2D eigenvalue weighted by molar-refractivity contribution is 5.83. The van der Waals surface area contributed by atoms with Crippen LogP contribution in [0, 0.1) is 5.82 Å². The molecule has 2 N–H and O–H groups in total. The average Bonchev–Trinajstić information content (AvgIpc) is 2.53. The van der Waals surface area contributed by atoms with Crippen molar-refractivity contribution < 1.29 is 9.23 Å².